The molecule has 0 bridgehead atoms. The Morgan fingerprint density at radius 2 is 1.91 bits per heavy atom. The van der Waals surface area contributed by atoms with E-state index in [1.54, 1.807) is 19.2 Å². The van der Waals surface area contributed by atoms with E-state index in [9.17, 15) is 9.59 Å². The first-order valence-corrected chi connectivity index (χ1v) is 7.23. The first-order valence-electron chi connectivity index (χ1n) is 7.23. The SMILES string of the molecule is COc1ccc(CCNC(=O)c2ccnc(NC(C)=O)c2)cc1. The molecule has 2 aromatic rings. The quantitative estimate of drug-likeness (QED) is 0.855. The van der Waals surface area contributed by atoms with Crippen LogP contribution in [0.25, 0.3) is 0 Å². The first-order chi connectivity index (χ1) is 11.1. The number of nitrogens with zero attached hydrogens (tertiary/aromatic N) is 1. The Morgan fingerprint density at radius 3 is 2.57 bits per heavy atom. The van der Waals surface area contributed by atoms with Crippen LogP contribution in [-0.2, 0) is 11.2 Å². The van der Waals surface area contributed by atoms with Gasteiger partial charge in [0.15, 0.2) is 0 Å². The molecule has 0 saturated heterocycles. The molecule has 0 aliphatic carbocycles. The van der Waals surface area contributed by atoms with Crippen LogP contribution in [0.1, 0.15) is 22.8 Å². The molecule has 6 nitrogen and oxygen atoms in total. The van der Waals surface area contributed by atoms with Gasteiger partial charge >= 0.3 is 0 Å². The highest BCUT2D eigenvalue weighted by atomic mass is 16.5. The van der Waals surface area contributed by atoms with Gasteiger partial charge in [0, 0.05) is 25.2 Å². The van der Waals surface area contributed by atoms with Crippen molar-refractivity contribution in [3.8, 4) is 5.75 Å². The van der Waals surface area contributed by atoms with Crippen molar-refractivity contribution in [3.05, 3.63) is 53.7 Å². The molecule has 0 saturated carbocycles. The zero-order valence-electron chi connectivity index (χ0n) is 13.1. The Morgan fingerprint density at radius 1 is 1.17 bits per heavy atom. The Labute approximate surface area is 134 Å². The van der Waals surface area contributed by atoms with Crippen LogP contribution in [0, 0.1) is 0 Å². The summed E-state index contributed by atoms with van der Waals surface area (Å²) in [6, 6.07) is 10.9. The van der Waals surface area contributed by atoms with Gasteiger partial charge in [-0.3, -0.25) is 9.59 Å². The number of hydrogen-bond acceptors (Lipinski definition) is 4. The molecular weight excluding hydrogens is 294 g/mol. The standard InChI is InChI=1S/C17H19N3O3/c1-12(21)20-16-11-14(8-10-18-16)17(22)19-9-7-13-3-5-15(23-2)6-4-13/h3-6,8,10-11H,7,9H2,1-2H3,(H,19,22)(H,18,20,21). The summed E-state index contributed by atoms with van der Waals surface area (Å²) < 4.78 is 5.10. The van der Waals surface area contributed by atoms with Crippen molar-refractivity contribution >= 4 is 17.6 Å². The van der Waals surface area contributed by atoms with Crippen molar-refractivity contribution in [1.82, 2.24) is 10.3 Å². The minimum Gasteiger partial charge on any atom is -0.497 e. The summed E-state index contributed by atoms with van der Waals surface area (Å²) >= 11 is 0. The molecular formula is C17H19N3O3. The van der Waals surface area contributed by atoms with Crippen molar-refractivity contribution in [2.75, 3.05) is 19.0 Å². The van der Waals surface area contributed by atoms with Crippen molar-refractivity contribution in [1.29, 1.82) is 0 Å². The second kappa shape index (κ2) is 7.93. The number of benzene rings is 1. The molecule has 0 unspecified atom stereocenters. The first kappa shape index (κ1) is 16.5. The van der Waals surface area contributed by atoms with E-state index in [2.05, 4.69) is 15.6 Å². The van der Waals surface area contributed by atoms with Crippen LogP contribution in [0.2, 0.25) is 0 Å². The lowest BCUT2D eigenvalue weighted by atomic mass is 10.1. The lowest BCUT2D eigenvalue weighted by Crippen LogP contribution is -2.25. The fraction of sp³-hybridized carbons (Fsp3) is 0.235. The van der Waals surface area contributed by atoms with Gasteiger partial charge in [0.2, 0.25) is 5.91 Å². The van der Waals surface area contributed by atoms with E-state index in [0.717, 1.165) is 17.7 Å². The molecule has 2 N–H and O–H groups in total. The number of amides is 2. The number of anilines is 1. The van der Waals surface area contributed by atoms with Gasteiger partial charge in [0.1, 0.15) is 11.6 Å². The summed E-state index contributed by atoms with van der Waals surface area (Å²) in [5, 5.41) is 5.40. The summed E-state index contributed by atoms with van der Waals surface area (Å²) in [6.07, 6.45) is 2.21. The number of aromatic nitrogens is 1. The number of carbonyl (C=O) groups is 2. The maximum absolute atomic E-state index is 12.1. The maximum Gasteiger partial charge on any atom is 0.251 e. The third-order valence-electron chi connectivity index (χ3n) is 3.18. The Hall–Kier alpha value is -2.89. The molecule has 2 amide bonds. The number of methoxy groups -OCH3 is 1. The molecule has 0 fully saturated rings. The van der Waals surface area contributed by atoms with E-state index in [-0.39, 0.29) is 11.8 Å². The van der Waals surface area contributed by atoms with E-state index in [1.807, 2.05) is 24.3 Å². The number of pyridine rings is 1. The number of hydrogen-bond donors (Lipinski definition) is 2. The second-order valence-corrected chi connectivity index (χ2v) is 4.96. The zero-order chi connectivity index (χ0) is 16.7. The lowest BCUT2D eigenvalue weighted by molar-refractivity contribution is -0.114. The summed E-state index contributed by atoms with van der Waals surface area (Å²) in [4.78, 5) is 27.1. The molecule has 23 heavy (non-hydrogen) atoms. The van der Waals surface area contributed by atoms with Gasteiger partial charge in [-0.2, -0.15) is 0 Å². The van der Waals surface area contributed by atoms with Crippen molar-refractivity contribution < 1.29 is 14.3 Å². The fourth-order valence-electron chi connectivity index (χ4n) is 2.04. The van der Waals surface area contributed by atoms with Gasteiger partial charge in [0.05, 0.1) is 7.11 Å². The van der Waals surface area contributed by atoms with Crippen LogP contribution in [0.5, 0.6) is 5.75 Å². The molecule has 0 atom stereocenters. The van der Waals surface area contributed by atoms with Gasteiger partial charge in [-0.25, -0.2) is 4.98 Å². The van der Waals surface area contributed by atoms with E-state index in [1.165, 1.54) is 13.1 Å². The van der Waals surface area contributed by atoms with Crippen LogP contribution in [0.4, 0.5) is 5.82 Å². The lowest BCUT2D eigenvalue weighted by Gasteiger charge is -2.07. The molecule has 1 aromatic heterocycles. The predicted octanol–water partition coefficient (Wildman–Crippen LogP) is 2.02. The van der Waals surface area contributed by atoms with Gasteiger partial charge in [-0.15, -0.1) is 0 Å². The summed E-state index contributed by atoms with van der Waals surface area (Å²) in [5.41, 5.74) is 1.57. The Balaban J connectivity index is 1.87. The zero-order valence-corrected chi connectivity index (χ0v) is 13.1. The molecule has 6 heteroatoms. The molecule has 120 valence electrons. The van der Waals surface area contributed by atoms with Crippen molar-refractivity contribution in [2.24, 2.45) is 0 Å². The van der Waals surface area contributed by atoms with Gasteiger partial charge < -0.3 is 15.4 Å². The van der Waals surface area contributed by atoms with Crippen LogP contribution in [0.3, 0.4) is 0 Å². The topological polar surface area (TPSA) is 80.3 Å². The monoisotopic (exact) mass is 313 g/mol. The fourth-order valence-corrected chi connectivity index (χ4v) is 2.04. The summed E-state index contributed by atoms with van der Waals surface area (Å²) in [6.45, 7) is 1.91. The number of rotatable bonds is 6. The largest absolute Gasteiger partial charge is 0.497 e. The molecule has 0 aliphatic heterocycles. The van der Waals surface area contributed by atoms with Gasteiger partial charge in [-0.05, 0) is 36.2 Å². The average molecular weight is 313 g/mol. The van der Waals surface area contributed by atoms with Crippen molar-refractivity contribution in [3.63, 3.8) is 0 Å². The smallest absolute Gasteiger partial charge is 0.251 e. The average Bonchev–Trinajstić information content (AvgIpc) is 2.55. The van der Waals surface area contributed by atoms with E-state index >= 15 is 0 Å². The number of carbonyl (C=O) groups excluding carboxylic acids is 2. The molecule has 1 aromatic carbocycles. The van der Waals surface area contributed by atoms with E-state index in [4.69, 9.17) is 4.74 Å². The normalized spacial score (nSPS) is 10.0. The summed E-state index contributed by atoms with van der Waals surface area (Å²) in [7, 11) is 1.62. The molecule has 2 rings (SSSR count). The number of nitrogens with one attached hydrogen (secondary N) is 2. The molecule has 0 radical (unpaired) electrons. The van der Waals surface area contributed by atoms with Gasteiger partial charge in [-0.1, -0.05) is 12.1 Å². The highest BCUT2D eigenvalue weighted by Crippen LogP contribution is 2.11. The second-order valence-electron chi connectivity index (χ2n) is 4.96. The molecule has 0 aliphatic rings. The molecule has 0 spiro atoms. The third-order valence-corrected chi connectivity index (χ3v) is 3.18. The van der Waals surface area contributed by atoms with E-state index < -0.39 is 0 Å². The minimum absolute atomic E-state index is 0.201. The van der Waals surface area contributed by atoms with Gasteiger partial charge in [0.25, 0.3) is 5.91 Å². The summed E-state index contributed by atoms with van der Waals surface area (Å²) in [5.74, 6) is 0.738. The third kappa shape index (κ3) is 5.10. The van der Waals surface area contributed by atoms with Crippen LogP contribution < -0.4 is 15.4 Å². The van der Waals surface area contributed by atoms with Crippen LogP contribution in [-0.4, -0.2) is 30.5 Å². The predicted molar refractivity (Wildman–Crippen MR) is 87.6 cm³/mol. The van der Waals surface area contributed by atoms with Crippen LogP contribution >= 0.6 is 0 Å². The Bertz CT molecular complexity index is 684. The maximum atomic E-state index is 12.1. The minimum atomic E-state index is -0.227. The molecule has 1 heterocycles. The van der Waals surface area contributed by atoms with Crippen LogP contribution in [0.15, 0.2) is 42.6 Å². The van der Waals surface area contributed by atoms with E-state index in [0.29, 0.717) is 17.9 Å². The Kier molecular flexibility index (Phi) is 5.68. The van der Waals surface area contributed by atoms with Crippen molar-refractivity contribution in [2.45, 2.75) is 13.3 Å². The highest BCUT2D eigenvalue weighted by molar-refractivity contribution is 5.96. The highest BCUT2D eigenvalue weighted by Gasteiger charge is 2.07. The number of ether oxygens (including phenoxy) is 1.